The van der Waals surface area contributed by atoms with Gasteiger partial charge in [0.1, 0.15) is 29.9 Å². The topological polar surface area (TPSA) is 106 Å². The number of nitrogens with one attached hydrogen (secondary N) is 1. The van der Waals surface area contributed by atoms with Crippen molar-refractivity contribution in [1.82, 2.24) is 24.4 Å². The molecule has 1 saturated heterocycles. The monoisotopic (exact) mass is 391 g/mol. The lowest BCUT2D eigenvalue weighted by atomic mass is 10.1. The van der Waals surface area contributed by atoms with Gasteiger partial charge in [-0.3, -0.25) is 9.48 Å². The van der Waals surface area contributed by atoms with Gasteiger partial charge in [0, 0.05) is 25.6 Å². The summed E-state index contributed by atoms with van der Waals surface area (Å²) in [4.78, 5) is 16.3. The van der Waals surface area contributed by atoms with Gasteiger partial charge in [-0.25, -0.2) is 13.4 Å². The van der Waals surface area contributed by atoms with Crippen LogP contribution in [0.4, 0.5) is 0 Å². The van der Waals surface area contributed by atoms with E-state index in [9.17, 15) is 13.2 Å². The number of hydrogen-bond acceptors (Lipinski definition) is 6. The highest BCUT2D eigenvalue weighted by Crippen LogP contribution is 2.35. The van der Waals surface area contributed by atoms with Crippen LogP contribution in [0.1, 0.15) is 19.3 Å². The van der Waals surface area contributed by atoms with E-state index in [0.717, 1.165) is 0 Å². The molecule has 1 fully saturated rings. The molecule has 4 rings (SSSR count). The smallest absolute Gasteiger partial charge is 0.247 e. The zero-order chi connectivity index (χ0) is 18.9. The Balaban J connectivity index is 1.36. The molecule has 144 valence electrons. The summed E-state index contributed by atoms with van der Waals surface area (Å²) in [6.07, 6.45) is 4.61. The largest absolute Gasteiger partial charge is 0.490 e. The second-order valence-corrected chi connectivity index (χ2v) is 8.61. The average Bonchev–Trinajstić information content (AvgIpc) is 3.28. The molecule has 0 saturated carbocycles. The fourth-order valence-corrected chi connectivity index (χ4v) is 5.38. The molecular weight excluding hydrogens is 370 g/mol. The lowest BCUT2D eigenvalue weighted by molar-refractivity contribution is -0.121. The normalized spacial score (nSPS) is 23.7. The zero-order valence-corrected chi connectivity index (χ0v) is 15.5. The van der Waals surface area contributed by atoms with Crippen LogP contribution < -0.4 is 10.1 Å². The Labute approximate surface area is 157 Å². The van der Waals surface area contributed by atoms with Gasteiger partial charge in [-0.2, -0.15) is 9.40 Å². The summed E-state index contributed by atoms with van der Waals surface area (Å²) in [6, 6.07) is 6.19. The Hall–Kier alpha value is -2.46. The first-order valence-electron chi connectivity index (χ1n) is 8.89. The van der Waals surface area contributed by atoms with Gasteiger partial charge in [0.15, 0.2) is 0 Å². The minimum Gasteiger partial charge on any atom is -0.490 e. The molecule has 1 aromatic carbocycles. The van der Waals surface area contributed by atoms with Crippen molar-refractivity contribution < 1.29 is 17.9 Å². The van der Waals surface area contributed by atoms with Crippen LogP contribution in [0.2, 0.25) is 0 Å². The Morgan fingerprint density at radius 1 is 1.33 bits per heavy atom. The number of benzene rings is 1. The van der Waals surface area contributed by atoms with Gasteiger partial charge in [-0.15, -0.1) is 0 Å². The van der Waals surface area contributed by atoms with E-state index in [1.807, 2.05) is 0 Å². The third-order valence-electron chi connectivity index (χ3n) is 4.85. The van der Waals surface area contributed by atoms with E-state index in [-0.39, 0.29) is 36.0 Å². The van der Waals surface area contributed by atoms with Gasteiger partial charge in [0.25, 0.3) is 0 Å². The number of para-hydroxylation sites is 1. The van der Waals surface area contributed by atoms with Crippen LogP contribution >= 0.6 is 0 Å². The lowest BCUT2D eigenvalue weighted by Gasteiger charge is -2.19. The Morgan fingerprint density at radius 2 is 2.19 bits per heavy atom. The fraction of sp³-hybridized carbons (Fsp3) is 0.471. The molecule has 1 N–H and O–H groups in total. The van der Waals surface area contributed by atoms with Crippen LogP contribution in [0, 0.1) is 0 Å². The molecule has 10 heteroatoms. The number of hydrogen-bond donors (Lipinski definition) is 1. The molecule has 3 heterocycles. The summed E-state index contributed by atoms with van der Waals surface area (Å²) >= 11 is 0. The molecule has 2 aliphatic heterocycles. The summed E-state index contributed by atoms with van der Waals surface area (Å²) in [7, 11) is -3.63. The second kappa shape index (κ2) is 7.28. The fourth-order valence-electron chi connectivity index (χ4n) is 3.58. The molecule has 0 spiro atoms. The summed E-state index contributed by atoms with van der Waals surface area (Å²) in [6.45, 7) is 1.17. The maximum absolute atomic E-state index is 13.0. The quantitative estimate of drug-likeness (QED) is 0.791. The Bertz CT molecular complexity index is 915. The van der Waals surface area contributed by atoms with Crippen LogP contribution in [0.15, 0.2) is 41.8 Å². The highest BCUT2D eigenvalue weighted by Gasteiger charge is 2.43. The van der Waals surface area contributed by atoms with Crippen molar-refractivity contribution in [2.45, 2.75) is 42.8 Å². The molecule has 2 aliphatic rings. The van der Waals surface area contributed by atoms with Crippen molar-refractivity contribution in [2.24, 2.45) is 0 Å². The number of carbonyl (C=O) groups is 1. The van der Waals surface area contributed by atoms with E-state index in [1.54, 1.807) is 35.3 Å². The first-order valence-corrected chi connectivity index (χ1v) is 10.3. The van der Waals surface area contributed by atoms with Gasteiger partial charge >= 0.3 is 0 Å². The predicted molar refractivity (Wildman–Crippen MR) is 95.4 cm³/mol. The number of sulfonamides is 1. The van der Waals surface area contributed by atoms with Crippen molar-refractivity contribution in [2.75, 3.05) is 13.2 Å². The average molecular weight is 391 g/mol. The van der Waals surface area contributed by atoms with Gasteiger partial charge in [-0.05, 0) is 25.0 Å². The molecule has 0 radical (unpaired) electrons. The zero-order valence-electron chi connectivity index (χ0n) is 14.7. The van der Waals surface area contributed by atoms with E-state index in [4.69, 9.17) is 4.74 Å². The third-order valence-corrected chi connectivity index (χ3v) is 6.81. The standard InChI is InChI=1S/C17H21N5O4S/c23-17(6-3-7-21-12-18-11-19-21)20-13-8-14-10-26-15-4-1-2-5-16(15)27(24,25)22(14)9-13/h1-2,4-5,11-14H,3,6-10H2,(H,20,23)/t13-,14-/m0/s1. The molecule has 2 atom stereocenters. The van der Waals surface area contributed by atoms with Crippen molar-refractivity contribution in [3.8, 4) is 5.75 Å². The maximum Gasteiger partial charge on any atom is 0.247 e. The molecule has 9 nitrogen and oxygen atoms in total. The van der Waals surface area contributed by atoms with Crippen LogP contribution in [0.5, 0.6) is 5.75 Å². The number of fused-ring (bicyclic) bond motifs is 2. The van der Waals surface area contributed by atoms with Crippen LogP contribution in [0.3, 0.4) is 0 Å². The number of carbonyl (C=O) groups excluding carboxylic acids is 1. The van der Waals surface area contributed by atoms with E-state index in [0.29, 0.717) is 31.6 Å². The van der Waals surface area contributed by atoms with Crippen molar-refractivity contribution in [3.05, 3.63) is 36.9 Å². The van der Waals surface area contributed by atoms with Crippen molar-refractivity contribution in [3.63, 3.8) is 0 Å². The van der Waals surface area contributed by atoms with Gasteiger partial charge < -0.3 is 10.1 Å². The SMILES string of the molecule is O=C(CCCn1cncn1)N[C@H]1C[C@H]2COc3ccccc3S(=O)(=O)N2C1. The van der Waals surface area contributed by atoms with E-state index < -0.39 is 10.0 Å². The molecule has 1 amide bonds. The van der Waals surface area contributed by atoms with Crippen molar-refractivity contribution in [1.29, 1.82) is 0 Å². The highest BCUT2D eigenvalue weighted by atomic mass is 32.2. The maximum atomic E-state index is 13.0. The Morgan fingerprint density at radius 3 is 3.00 bits per heavy atom. The number of aromatic nitrogens is 3. The molecule has 1 aromatic heterocycles. The number of ether oxygens (including phenoxy) is 1. The summed E-state index contributed by atoms with van der Waals surface area (Å²) in [5.41, 5.74) is 0. The van der Waals surface area contributed by atoms with Crippen LogP contribution in [-0.2, 0) is 21.4 Å². The number of aryl methyl sites for hydroxylation is 1. The summed E-state index contributed by atoms with van der Waals surface area (Å²) < 4.78 is 34.8. The third kappa shape index (κ3) is 3.67. The first-order chi connectivity index (χ1) is 13.0. The number of nitrogens with zero attached hydrogens (tertiary/aromatic N) is 4. The van der Waals surface area contributed by atoms with Gasteiger partial charge in [0.2, 0.25) is 15.9 Å². The van der Waals surface area contributed by atoms with Gasteiger partial charge in [-0.1, -0.05) is 12.1 Å². The summed E-state index contributed by atoms with van der Waals surface area (Å²) in [5.74, 6) is 0.303. The van der Waals surface area contributed by atoms with Crippen LogP contribution in [-0.4, -0.2) is 58.6 Å². The molecule has 0 aliphatic carbocycles. The molecule has 0 bridgehead atoms. The first kappa shape index (κ1) is 17.9. The Kier molecular flexibility index (Phi) is 4.83. The number of amides is 1. The van der Waals surface area contributed by atoms with E-state index in [1.165, 1.54) is 10.6 Å². The minimum atomic E-state index is -3.63. The summed E-state index contributed by atoms with van der Waals surface area (Å²) in [5, 5.41) is 6.95. The minimum absolute atomic E-state index is 0.0866. The number of rotatable bonds is 5. The molecular formula is C17H21N5O4S. The van der Waals surface area contributed by atoms with Crippen LogP contribution in [0.25, 0.3) is 0 Å². The molecule has 2 aromatic rings. The molecule has 0 unspecified atom stereocenters. The molecule has 27 heavy (non-hydrogen) atoms. The lowest BCUT2D eigenvalue weighted by Crippen LogP contribution is -2.39. The second-order valence-electron chi connectivity index (χ2n) is 6.75. The predicted octanol–water partition coefficient (Wildman–Crippen LogP) is 0.399. The van der Waals surface area contributed by atoms with E-state index >= 15 is 0 Å². The highest BCUT2D eigenvalue weighted by molar-refractivity contribution is 7.89. The van der Waals surface area contributed by atoms with Gasteiger partial charge in [0.05, 0.1) is 6.04 Å². The van der Waals surface area contributed by atoms with E-state index in [2.05, 4.69) is 15.4 Å². The van der Waals surface area contributed by atoms with Crippen molar-refractivity contribution >= 4 is 15.9 Å².